The lowest BCUT2D eigenvalue weighted by molar-refractivity contribution is -0.139. The van der Waals surface area contributed by atoms with Gasteiger partial charge in [-0.15, -0.1) is 0 Å². The first-order valence-corrected chi connectivity index (χ1v) is 5.93. The fraction of sp³-hybridized carbons (Fsp3) is 0.133. The highest BCUT2D eigenvalue weighted by atomic mass is 19.1. The molecule has 98 valence electrons. The molecule has 0 saturated heterocycles. The van der Waals surface area contributed by atoms with Crippen molar-refractivity contribution in [3.8, 4) is 0 Å². The molecule has 2 rings (SSSR count). The zero-order valence-corrected chi connectivity index (χ0v) is 10.2. The van der Waals surface area contributed by atoms with Gasteiger partial charge in [-0.1, -0.05) is 48.5 Å². The van der Waals surface area contributed by atoms with Gasteiger partial charge in [-0.3, -0.25) is 10.1 Å². The largest absolute Gasteiger partial charge is 0.480 e. The van der Waals surface area contributed by atoms with Crippen molar-refractivity contribution >= 4 is 5.97 Å². The van der Waals surface area contributed by atoms with Crippen LogP contribution in [0, 0.1) is 5.82 Å². The molecular formula is C15H14FNO2. The zero-order valence-electron chi connectivity index (χ0n) is 10.2. The Kier molecular flexibility index (Phi) is 4.26. The molecule has 2 N–H and O–H groups in total. The number of benzene rings is 2. The molecule has 0 aliphatic carbocycles. The molecule has 0 spiro atoms. The van der Waals surface area contributed by atoms with Gasteiger partial charge in [0.05, 0.1) is 0 Å². The zero-order chi connectivity index (χ0) is 13.7. The summed E-state index contributed by atoms with van der Waals surface area (Å²) in [5.41, 5.74) is 1.09. The van der Waals surface area contributed by atoms with Gasteiger partial charge in [0.15, 0.2) is 0 Å². The quantitative estimate of drug-likeness (QED) is 0.868. The fourth-order valence-electron chi connectivity index (χ4n) is 1.85. The van der Waals surface area contributed by atoms with Crippen LogP contribution < -0.4 is 5.32 Å². The van der Waals surface area contributed by atoms with Crippen molar-refractivity contribution in [3.63, 3.8) is 0 Å². The van der Waals surface area contributed by atoms with Crippen LogP contribution in [0.15, 0.2) is 54.6 Å². The van der Waals surface area contributed by atoms with Crippen LogP contribution >= 0.6 is 0 Å². The molecule has 0 saturated carbocycles. The third kappa shape index (κ3) is 3.39. The number of carboxylic acid groups (broad SMARTS) is 1. The van der Waals surface area contributed by atoms with E-state index in [1.165, 1.54) is 6.07 Å². The lowest BCUT2D eigenvalue weighted by atomic mass is 10.1. The van der Waals surface area contributed by atoms with E-state index in [2.05, 4.69) is 5.32 Å². The molecule has 0 aliphatic rings. The average Bonchev–Trinajstić information content (AvgIpc) is 2.42. The first-order chi connectivity index (χ1) is 9.18. The summed E-state index contributed by atoms with van der Waals surface area (Å²) < 4.78 is 13.5. The standard InChI is InChI=1S/C15H14FNO2/c16-13-9-5-4-8-12(13)10-17-14(15(18)19)11-6-2-1-3-7-11/h1-9,14,17H,10H2,(H,18,19). The Balaban J connectivity index is 2.11. The third-order valence-corrected chi connectivity index (χ3v) is 2.83. The predicted octanol–water partition coefficient (Wildman–Crippen LogP) is 2.74. The number of carbonyl (C=O) groups is 1. The molecule has 2 aromatic carbocycles. The van der Waals surface area contributed by atoms with Crippen molar-refractivity contribution in [2.75, 3.05) is 0 Å². The number of halogens is 1. The van der Waals surface area contributed by atoms with Gasteiger partial charge in [0, 0.05) is 12.1 Å². The van der Waals surface area contributed by atoms with Crippen molar-refractivity contribution in [1.82, 2.24) is 5.32 Å². The SMILES string of the molecule is O=C(O)C(NCc1ccccc1F)c1ccccc1. The number of hydrogen-bond acceptors (Lipinski definition) is 2. The Bertz CT molecular complexity index is 557. The van der Waals surface area contributed by atoms with Crippen molar-refractivity contribution in [2.45, 2.75) is 12.6 Å². The van der Waals surface area contributed by atoms with Gasteiger partial charge >= 0.3 is 5.97 Å². The molecule has 0 aromatic heterocycles. The van der Waals surface area contributed by atoms with Crippen molar-refractivity contribution in [2.24, 2.45) is 0 Å². The molecule has 0 radical (unpaired) electrons. The van der Waals surface area contributed by atoms with E-state index in [0.29, 0.717) is 11.1 Å². The molecule has 0 bridgehead atoms. The van der Waals surface area contributed by atoms with E-state index in [1.807, 2.05) is 6.07 Å². The number of carboxylic acids is 1. The molecule has 0 aliphatic heterocycles. The topological polar surface area (TPSA) is 49.3 Å². The minimum atomic E-state index is -0.984. The monoisotopic (exact) mass is 259 g/mol. The van der Waals surface area contributed by atoms with Gasteiger partial charge in [0.25, 0.3) is 0 Å². The summed E-state index contributed by atoms with van der Waals surface area (Å²) in [6.07, 6.45) is 0. The van der Waals surface area contributed by atoms with Crippen LogP contribution in [0.4, 0.5) is 4.39 Å². The van der Waals surface area contributed by atoms with E-state index in [1.54, 1.807) is 42.5 Å². The molecule has 0 heterocycles. The minimum absolute atomic E-state index is 0.165. The van der Waals surface area contributed by atoms with Crippen LogP contribution in [0.2, 0.25) is 0 Å². The molecule has 19 heavy (non-hydrogen) atoms. The van der Waals surface area contributed by atoms with Gasteiger partial charge in [0.2, 0.25) is 0 Å². The second-order valence-electron chi connectivity index (χ2n) is 4.15. The van der Waals surface area contributed by atoms with Crippen LogP contribution in [0.25, 0.3) is 0 Å². The number of aliphatic carboxylic acids is 1. The summed E-state index contributed by atoms with van der Waals surface area (Å²) in [5, 5.41) is 12.1. The fourth-order valence-corrected chi connectivity index (χ4v) is 1.85. The average molecular weight is 259 g/mol. The van der Waals surface area contributed by atoms with E-state index in [4.69, 9.17) is 0 Å². The maximum Gasteiger partial charge on any atom is 0.325 e. The summed E-state index contributed by atoms with van der Waals surface area (Å²) in [6.45, 7) is 0.165. The number of nitrogens with one attached hydrogen (secondary N) is 1. The number of hydrogen-bond donors (Lipinski definition) is 2. The lowest BCUT2D eigenvalue weighted by Gasteiger charge is -2.15. The summed E-state index contributed by atoms with van der Waals surface area (Å²) in [7, 11) is 0. The van der Waals surface area contributed by atoms with Gasteiger partial charge in [-0.05, 0) is 11.6 Å². The molecule has 2 aromatic rings. The van der Waals surface area contributed by atoms with Crippen LogP contribution in [0.3, 0.4) is 0 Å². The van der Waals surface area contributed by atoms with Crippen LogP contribution in [0.5, 0.6) is 0 Å². The molecule has 4 heteroatoms. The predicted molar refractivity (Wildman–Crippen MR) is 70.1 cm³/mol. The smallest absolute Gasteiger partial charge is 0.325 e. The van der Waals surface area contributed by atoms with E-state index >= 15 is 0 Å². The van der Waals surface area contributed by atoms with Crippen LogP contribution in [-0.2, 0) is 11.3 Å². The van der Waals surface area contributed by atoms with Gasteiger partial charge in [0.1, 0.15) is 11.9 Å². The summed E-state index contributed by atoms with van der Waals surface area (Å²) in [6, 6.07) is 14.3. The maximum absolute atomic E-state index is 13.5. The first-order valence-electron chi connectivity index (χ1n) is 5.93. The molecule has 3 nitrogen and oxygen atoms in total. The Hall–Kier alpha value is -2.20. The highest BCUT2D eigenvalue weighted by Crippen LogP contribution is 2.14. The normalized spacial score (nSPS) is 12.1. The van der Waals surface area contributed by atoms with Crippen molar-refractivity contribution < 1.29 is 14.3 Å². The molecule has 0 fully saturated rings. The Morgan fingerprint density at radius 2 is 1.74 bits per heavy atom. The van der Waals surface area contributed by atoms with Gasteiger partial charge in [-0.2, -0.15) is 0 Å². The number of rotatable bonds is 5. The second kappa shape index (κ2) is 6.11. The first kappa shape index (κ1) is 13.2. The second-order valence-corrected chi connectivity index (χ2v) is 4.15. The maximum atomic E-state index is 13.5. The highest BCUT2D eigenvalue weighted by Gasteiger charge is 2.18. The molecule has 1 atom stereocenters. The third-order valence-electron chi connectivity index (χ3n) is 2.83. The van der Waals surface area contributed by atoms with Crippen molar-refractivity contribution in [3.05, 3.63) is 71.5 Å². The van der Waals surface area contributed by atoms with Gasteiger partial charge in [-0.25, -0.2) is 4.39 Å². The summed E-state index contributed by atoms with van der Waals surface area (Å²) in [5.74, 6) is -1.32. The Morgan fingerprint density at radius 1 is 1.11 bits per heavy atom. The highest BCUT2D eigenvalue weighted by molar-refractivity contribution is 5.75. The molecule has 1 unspecified atom stereocenters. The van der Waals surface area contributed by atoms with E-state index in [0.717, 1.165) is 0 Å². The van der Waals surface area contributed by atoms with E-state index in [9.17, 15) is 14.3 Å². The Morgan fingerprint density at radius 3 is 2.37 bits per heavy atom. The minimum Gasteiger partial charge on any atom is -0.480 e. The van der Waals surface area contributed by atoms with Crippen LogP contribution in [-0.4, -0.2) is 11.1 Å². The molecular weight excluding hydrogens is 245 g/mol. The van der Waals surface area contributed by atoms with Gasteiger partial charge < -0.3 is 5.11 Å². The van der Waals surface area contributed by atoms with Crippen LogP contribution in [0.1, 0.15) is 17.2 Å². The van der Waals surface area contributed by atoms with E-state index in [-0.39, 0.29) is 12.4 Å². The summed E-state index contributed by atoms with van der Waals surface area (Å²) in [4.78, 5) is 11.2. The molecule has 0 amide bonds. The van der Waals surface area contributed by atoms with E-state index < -0.39 is 12.0 Å². The Labute approximate surface area is 110 Å². The van der Waals surface area contributed by atoms with Crippen molar-refractivity contribution in [1.29, 1.82) is 0 Å². The summed E-state index contributed by atoms with van der Waals surface area (Å²) >= 11 is 0. The lowest BCUT2D eigenvalue weighted by Crippen LogP contribution is -2.28.